The lowest BCUT2D eigenvalue weighted by molar-refractivity contribution is -0.137. The molecule has 1 fully saturated rings. The first kappa shape index (κ1) is 13.0. The molecule has 1 heterocycles. The minimum absolute atomic E-state index is 0.299. The maximum absolute atomic E-state index is 12.8. The number of hydrogen-bond acceptors (Lipinski definition) is 1. The summed E-state index contributed by atoms with van der Waals surface area (Å²) in [5.74, 6) is 0.299. The van der Waals surface area contributed by atoms with E-state index in [1.165, 1.54) is 18.6 Å². The van der Waals surface area contributed by atoms with Gasteiger partial charge in [0.1, 0.15) is 0 Å². The first-order chi connectivity index (χ1) is 9.04. The molecule has 1 aliphatic carbocycles. The van der Waals surface area contributed by atoms with Crippen molar-refractivity contribution < 1.29 is 13.2 Å². The molecular weight excluding hydrogens is 251 g/mol. The normalized spacial score (nSPS) is 26.7. The third-order valence-electron chi connectivity index (χ3n) is 4.41. The fraction of sp³-hybridized carbons (Fsp3) is 0.600. The van der Waals surface area contributed by atoms with Crippen LogP contribution in [0.3, 0.4) is 0 Å². The fourth-order valence-corrected chi connectivity index (χ4v) is 3.41. The van der Waals surface area contributed by atoms with Crippen LogP contribution >= 0.6 is 0 Å². The zero-order chi connectivity index (χ0) is 13.5. The van der Waals surface area contributed by atoms with Crippen LogP contribution in [0.15, 0.2) is 18.2 Å². The second kappa shape index (κ2) is 4.82. The lowest BCUT2D eigenvalue weighted by atomic mass is 9.92. The van der Waals surface area contributed by atoms with Crippen molar-refractivity contribution in [3.63, 3.8) is 0 Å². The summed E-state index contributed by atoms with van der Waals surface area (Å²) in [6.45, 7) is 1.05. The first-order valence-electron chi connectivity index (χ1n) is 6.97. The van der Waals surface area contributed by atoms with Gasteiger partial charge in [0.05, 0.1) is 5.56 Å². The number of fused-ring (bicyclic) bond motifs is 1. The maximum Gasteiger partial charge on any atom is 0.416 e. The van der Waals surface area contributed by atoms with Crippen LogP contribution in [-0.4, -0.2) is 12.6 Å². The van der Waals surface area contributed by atoms with E-state index in [-0.39, 0.29) is 0 Å². The Morgan fingerprint density at radius 1 is 1.21 bits per heavy atom. The molecule has 2 unspecified atom stereocenters. The summed E-state index contributed by atoms with van der Waals surface area (Å²) in [5.41, 5.74) is 1.54. The molecule has 0 spiro atoms. The van der Waals surface area contributed by atoms with Gasteiger partial charge in [-0.2, -0.15) is 13.2 Å². The Kier molecular flexibility index (Phi) is 3.29. The number of benzene rings is 1. The number of halogens is 3. The van der Waals surface area contributed by atoms with Crippen LogP contribution in [-0.2, 0) is 12.6 Å². The van der Waals surface area contributed by atoms with Gasteiger partial charge in [-0.15, -0.1) is 0 Å². The molecule has 0 amide bonds. The van der Waals surface area contributed by atoms with Crippen molar-refractivity contribution in [1.29, 1.82) is 0 Å². The molecule has 4 heteroatoms. The van der Waals surface area contributed by atoms with E-state index in [9.17, 15) is 13.2 Å². The molecule has 2 aliphatic rings. The monoisotopic (exact) mass is 269 g/mol. The van der Waals surface area contributed by atoms with Gasteiger partial charge in [0.25, 0.3) is 0 Å². The summed E-state index contributed by atoms with van der Waals surface area (Å²) in [6, 6.07) is 4.75. The second-order valence-electron chi connectivity index (χ2n) is 5.68. The Hall–Kier alpha value is -1.03. The van der Waals surface area contributed by atoms with Crippen LogP contribution in [0.1, 0.15) is 48.3 Å². The van der Waals surface area contributed by atoms with Gasteiger partial charge < -0.3 is 5.32 Å². The molecule has 1 N–H and O–H groups in total. The summed E-state index contributed by atoms with van der Waals surface area (Å²) >= 11 is 0. The molecule has 1 aliphatic heterocycles. The third kappa shape index (κ3) is 2.64. The topological polar surface area (TPSA) is 12.0 Å². The average Bonchev–Trinajstić information content (AvgIpc) is 2.98. The highest BCUT2D eigenvalue weighted by Gasteiger charge is 2.33. The van der Waals surface area contributed by atoms with Crippen molar-refractivity contribution in [2.75, 3.05) is 6.54 Å². The smallest absolute Gasteiger partial charge is 0.314 e. The summed E-state index contributed by atoms with van der Waals surface area (Å²) in [4.78, 5) is 0. The Morgan fingerprint density at radius 3 is 2.74 bits per heavy atom. The van der Waals surface area contributed by atoms with E-state index in [1.807, 2.05) is 0 Å². The van der Waals surface area contributed by atoms with Crippen LogP contribution in [0.2, 0.25) is 0 Å². The zero-order valence-corrected chi connectivity index (χ0v) is 10.8. The van der Waals surface area contributed by atoms with Gasteiger partial charge in [0.2, 0.25) is 0 Å². The molecule has 1 nitrogen and oxygen atoms in total. The van der Waals surface area contributed by atoms with Gasteiger partial charge in [-0.25, -0.2) is 0 Å². The van der Waals surface area contributed by atoms with Gasteiger partial charge in [-0.3, -0.25) is 0 Å². The highest BCUT2D eigenvalue weighted by Crippen LogP contribution is 2.40. The molecule has 0 radical (unpaired) electrons. The molecule has 2 atom stereocenters. The molecule has 19 heavy (non-hydrogen) atoms. The predicted molar refractivity (Wildman–Crippen MR) is 68.1 cm³/mol. The van der Waals surface area contributed by atoms with Gasteiger partial charge in [-0.1, -0.05) is 6.07 Å². The van der Waals surface area contributed by atoms with Crippen LogP contribution in [0.25, 0.3) is 0 Å². The summed E-state index contributed by atoms with van der Waals surface area (Å²) < 4.78 is 38.3. The lowest BCUT2D eigenvalue weighted by Crippen LogP contribution is -2.23. The van der Waals surface area contributed by atoms with Crippen LogP contribution in [0, 0.1) is 0 Å². The van der Waals surface area contributed by atoms with Crippen molar-refractivity contribution in [3.8, 4) is 0 Å². The lowest BCUT2D eigenvalue weighted by Gasteiger charge is -2.18. The number of alkyl halides is 3. The van der Waals surface area contributed by atoms with E-state index >= 15 is 0 Å². The summed E-state index contributed by atoms with van der Waals surface area (Å²) in [7, 11) is 0. The van der Waals surface area contributed by atoms with E-state index in [1.54, 1.807) is 6.07 Å². The number of hydrogen-bond donors (Lipinski definition) is 1. The highest BCUT2D eigenvalue weighted by atomic mass is 19.4. The summed E-state index contributed by atoms with van der Waals surface area (Å²) in [5, 5.41) is 3.44. The zero-order valence-electron chi connectivity index (χ0n) is 10.8. The number of rotatable bonds is 2. The summed E-state index contributed by atoms with van der Waals surface area (Å²) in [6.07, 6.45) is 1.01. The maximum atomic E-state index is 12.8. The molecule has 0 saturated carbocycles. The second-order valence-corrected chi connectivity index (χ2v) is 5.68. The minimum Gasteiger partial charge on any atom is -0.314 e. The molecule has 3 rings (SSSR count). The van der Waals surface area contributed by atoms with Crippen molar-refractivity contribution in [3.05, 3.63) is 34.9 Å². The van der Waals surface area contributed by atoms with Crippen LogP contribution in [0.4, 0.5) is 13.2 Å². The van der Waals surface area contributed by atoms with E-state index < -0.39 is 11.7 Å². The van der Waals surface area contributed by atoms with Crippen molar-refractivity contribution in [1.82, 2.24) is 5.32 Å². The van der Waals surface area contributed by atoms with Crippen molar-refractivity contribution in [2.24, 2.45) is 0 Å². The molecular formula is C15H18F3N. The Morgan fingerprint density at radius 2 is 2.05 bits per heavy atom. The van der Waals surface area contributed by atoms with Gasteiger partial charge in [0.15, 0.2) is 0 Å². The van der Waals surface area contributed by atoms with E-state index in [0.29, 0.717) is 12.0 Å². The predicted octanol–water partition coefficient (Wildman–Crippen LogP) is 3.88. The standard InChI is InChI=1S/C15H18F3N/c16-15(17,18)12-6-5-10-3-4-11(14(10)9-12)8-13-2-1-7-19-13/h5-6,9,11,13,19H,1-4,7-8H2. The van der Waals surface area contributed by atoms with Crippen molar-refractivity contribution in [2.45, 2.75) is 50.2 Å². The SMILES string of the molecule is FC(F)(F)c1ccc2c(c1)C(CC1CCCN1)CC2. The first-order valence-corrected chi connectivity index (χ1v) is 6.97. The van der Waals surface area contributed by atoms with Gasteiger partial charge >= 0.3 is 6.18 Å². The fourth-order valence-electron chi connectivity index (χ4n) is 3.41. The largest absolute Gasteiger partial charge is 0.416 e. The Balaban J connectivity index is 1.81. The van der Waals surface area contributed by atoms with E-state index in [2.05, 4.69) is 5.32 Å². The molecule has 1 aromatic carbocycles. The van der Waals surface area contributed by atoms with Gasteiger partial charge in [0, 0.05) is 6.04 Å². The molecule has 0 bridgehead atoms. The molecule has 1 saturated heterocycles. The third-order valence-corrected chi connectivity index (χ3v) is 4.41. The Bertz CT molecular complexity index is 461. The molecule has 0 aromatic heterocycles. The average molecular weight is 269 g/mol. The number of aryl methyl sites for hydroxylation is 1. The minimum atomic E-state index is -4.23. The number of nitrogens with one attached hydrogen (secondary N) is 1. The molecule has 1 aromatic rings. The van der Waals surface area contributed by atoms with Crippen LogP contribution in [0.5, 0.6) is 0 Å². The highest BCUT2D eigenvalue weighted by molar-refractivity contribution is 5.39. The van der Waals surface area contributed by atoms with Gasteiger partial charge in [-0.05, 0) is 67.8 Å². The Labute approximate surface area is 111 Å². The molecule has 104 valence electrons. The van der Waals surface area contributed by atoms with E-state index in [0.717, 1.165) is 43.4 Å². The van der Waals surface area contributed by atoms with E-state index in [4.69, 9.17) is 0 Å². The van der Waals surface area contributed by atoms with Crippen molar-refractivity contribution >= 4 is 0 Å². The van der Waals surface area contributed by atoms with Crippen LogP contribution < -0.4 is 5.32 Å². The quantitative estimate of drug-likeness (QED) is 0.859.